The van der Waals surface area contributed by atoms with E-state index in [0.717, 1.165) is 36.6 Å². The van der Waals surface area contributed by atoms with E-state index in [-0.39, 0.29) is 55.6 Å². The number of hydrogen-bond donors (Lipinski definition) is 0. The SMILES string of the molecule is O=C(CCCCCN1C(=O)C(Br)=CS1(=O)=O)OCc1ccccc1.O=C(CCCCCN1C(=O)C=CS1(=O)=O)OCc1ccccc1. The predicted molar refractivity (Wildman–Crippen MR) is 177 cm³/mol. The van der Waals surface area contributed by atoms with Crippen LogP contribution in [0.4, 0.5) is 0 Å². The summed E-state index contributed by atoms with van der Waals surface area (Å²) in [7, 11) is -7.21. The molecular formula is C32H37BrN2O10S2. The van der Waals surface area contributed by atoms with E-state index < -0.39 is 31.9 Å². The summed E-state index contributed by atoms with van der Waals surface area (Å²) in [6.07, 6.45) is 5.12. The van der Waals surface area contributed by atoms with E-state index in [1.165, 1.54) is 0 Å². The molecule has 2 aliphatic rings. The maximum absolute atomic E-state index is 11.7. The zero-order valence-corrected chi connectivity index (χ0v) is 28.9. The van der Waals surface area contributed by atoms with Gasteiger partial charge < -0.3 is 9.47 Å². The molecule has 47 heavy (non-hydrogen) atoms. The standard InChI is InChI=1S/C16H18BrNO5S.C16H19NO5S/c17-14-12-24(21,22)18(16(14)20)10-6-2-5-9-15(19)23-11-13-7-3-1-4-8-13;18-15-10-12-23(20,21)17(15)11-6-2-5-9-16(19)22-13-14-7-3-1-4-8-14/h1,3-4,7-8,12H,2,5-6,9-11H2;1,3-4,7-8,10,12H,2,5-6,9,11,13H2. The number of benzene rings is 2. The number of hydrogen-bond acceptors (Lipinski definition) is 10. The number of esters is 2. The summed E-state index contributed by atoms with van der Waals surface area (Å²) >= 11 is 2.93. The summed E-state index contributed by atoms with van der Waals surface area (Å²) in [5.41, 5.74) is 1.87. The van der Waals surface area contributed by atoms with Gasteiger partial charge >= 0.3 is 11.9 Å². The van der Waals surface area contributed by atoms with Gasteiger partial charge in [0.25, 0.3) is 31.9 Å². The molecule has 0 saturated carbocycles. The summed E-state index contributed by atoms with van der Waals surface area (Å²) in [5, 5.41) is 1.83. The first kappa shape index (κ1) is 37.6. The van der Waals surface area contributed by atoms with Gasteiger partial charge in [0.05, 0.1) is 15.3 Å². The average molecular weight is 754 g/mol. The maximum atomic E-state index is 11.7. The van der Waals surface area contributed by atoms with E-state index in [0.29, 0.717) is 38.5 Å². The van der Waals surface area contributed by atoms with Crippen LogP contribution in [0.3, 0.4) is 0 Å². The normalized spacial score (nSPS) is 16.0. The van der Waals surface area contributed by atoms with Gasteiger partial charge in [-0.3, -0.25) is 19.2 Å². The lowest BCUT2D eigenvalue weighted by Gasteiger charge is -2.14. The van der Waals surface area contributed by atoms with Crippen molar-refractivity contribution < 1.29 is 45.5 Å². The Balaban J connectivity index is 0.000000256. The minimum Gasteiger partial charge on any atom is -0.461 e. The van der Waals surface area contributed by atoms with Crippen molar-refractivity contribution in [3.05, 3.63) is 93.2 Å². The van der Waals surface area contributed by atoms with Crippen LogP contribution in [-0.4, -0.2) is 62.3 Å². The highest BCUT2D eigenvalue weighted by Crippen LogP contribution is 2.24. The third-order valence-electron chi connectivity index (χ3n) is 6.90. The van der Waals surface area contributed by atoms with Crippen LogP contribution in [0.1, 0.15) is 62.5 Å². The molecule has 0 N–H and O–H groups in total. The molecule has 0 fully saturated rings. The quantitative estimate of drug-likeness (QED) is 0.174. The number of nitrogens with zero attached hydrogens (tertiary/aromatic N) is 2. The van der Waals surface area contributed by atoms with Gasteiger partial charge in [0.2, 0.25) is 0 Å². The molecule has 15 heteroatoms. The molecule has 0 aromatic heterocycles. The molecule has 0 saturated heterocycles. The molecule has 2 heterocycles. The molecule has 2 amide bonds. The summed E-state index contributed by atoms with van der Waals surface area (Å²) in [5.74, 6) is -1.61. The molecular weight excluding hydrogens is 716 g/mol. The van der Waals surface area contributed by atoms with Gasteiger partial charge in [-0.2, -0.15) is 0 Å². The number of amides is 2. The number of ether oxygens (including phenoxy) is 2. The van der Waals surface area contributed by atoms with Gasteiger partial charge in [-0.15, -0.1) is 0 Å². The third-order valence-corrected chi connectivity index (χ3v) is 10.7. The largest absolute Gasteiger partial charge is 0.461 e. The van der Waals surface area contributed by atoms with Crippen molar-refractivity contribution in [1.82, 2.24) is 8.61 Å². The first-order valence-electron chi connectivity index (χ1n) is 15.0. The van der Waals surface area contributed by atoms with E-state index in [1.54, 1.807) is 0 Å². The van der Waals surface area contributed by atoms with Gasteiger partial charge in [-0.25, -0.2) is 25.4 Å². The van der Waals surface area contributed by atoms with Gasteiger partial charge in [0.15, 0.2) is 0 Å². The van der Waals surface area contributed by atoms with E-state index >= 15 is 0 Å². The fourth-order valence-corrected chi connectivity index (χ4v) is 7.77. The highest BCUT2D eigenvalue weighted by molar-refractivity contribution is 9.12. The van der Waals surface area contributed by atoms with Crippen LogP contribution in [-0.2, 0) is 61.9 Å². The van der Waals surface area contributed by atoms with E-state index in [9.17, 15) is 36.0 Å². The van der Waals surface area contributed by atoms with Crippen molar-refractivity contribution in [2.75, 3.05) is 13.1 Å². The Morgan fingerprint density at radius 2 is 1.11 bits per heavy atom. The van der Waals surface area contributed by atoms with Crippen LogP contribution in [0.5, 0.6) is 0 Å². The summed E-state index contributed by atoms with van der Waals surface area (Å²) in [4.78, 5) is 46.3. The molecule has 2 aromatic rings. The van der Waals surface area contributed by atoms with Crippen LogP contribution in [0.15, 0.2) is 82.0 Å². The first-order valence-corrected chi connectivity index (χ1v) is 18.8. The van der Waals surface area contributed by atoms with Crippen molar-refractivity contribution in [3.63, 3.8) is 0 Å². The van der Waals surface area contributed by atoms with E-state index in [2.05, 4.69) is 15.9 Å². The van der Waals surface area contributed by atoms with E-state index in [1.807, 2.05) is 60.7 Å². The Kier molecular flexibility index (Phi) is 14.8. The topological polar surface area (TPSA) is 162 Å². The van der Waals surface area contributed by atoms with Gasteiger partial charge in [0.1, 0.15) is 13.2 Å². The Labute approximate surface area is 283 Å². The molecule has 2 aromatic carbocycles. The molecule has 0 atom stereocenters. The fraction of sp³-hybridized carbons (Fsp3) is 0.375. The van der Waals surface area contributed by atoms with Crippen LogP contribution < -0.4 is 0 Å². The smallest absolute Gasteiger partial charge is 0.306 e. The van der Waals surface area contributed by atoms with Crippen LogP contribution in [0.2, 0.25) is 0 Å². The minimum atomic E-state index is -3.64. The average Bonchev–Trinajstić information content (AvgIpc) is 3.42. The first-order chi connectivity index (χ1) is 22.4. The number of carbonyl (C=O) groups is 4. The lowest BCUT2D eigenvalue weighted by atomic mass is 10.2. The monoisotopic (exact) mass is 752 g/mol. The number of halogens is 1. The van der Waals surface area contributed by atoms with Crippen molar-refractivity contribution in [1.29, 1.82) is 0 Å². The fourth-order valence-electron chi connectivity index (χ4n) is 4.40. The van der Waals surface area contributed by atoms with Gasteiger partial charge in [0, 0.05) is 32.0 Å². The lowest BCUT2D eigenvalue weighted by molar-refractivity contribution is -0.146. The summed E-state index contributed by atoms with van der Waals surface area (Å²) in [6.45, 7) is 0.769. The van der Waals surface area contributed by atoms with Crippen molar-refractivity contribution >= 4 is 59.7 Å². The molecule has 0 radical (unpaired) electrons. The molecule has 12 nitrogen and oxygen atoms in total. The Morgan fingerprint density at radius 1 is 0.638 bits per heavy atom. The summed E-state index contributed by atoms with van der Waals surface area (Å²) < 4.78 is 58.5. The van der Waals surface area contributed by atoms with E-state index in [4.69, 9.17) is 9.47 Å². The molecule has 0 unspecified atom stereocenters. The molecule has 0 spiro atoms. The Hall–Kier alpha value is -3.82. The number of carbonyl (C=O) groups excluding carboxylic acids is 4. The van der Waals surface area contributed by atoms with Gasteiger partial charge in [-0.1, -0.05) is 73.5 Å². The highest BCUT2D eigenvalue weighted by Gasteiger charge is 2.34. The zero-order chi connectivity index (χ0) is 34.3. The molecule has 254 valence electrons. The molecule has 4 rings (SSSR count). The Morgan fingerprint density at radius 3 is 1.51 bits per heavy atom. The van der Waals surface area contributed by atoms with Crippen LogP contribution in [0.25, 0.3) is 0 Å². The second-order valence-corrected chi connectivity index (χ2v) is 14.9. The zero-order valence-electron chi connectivity index (χ0n) is 25.7. The highest BCUT2D eigenvalue weighted by atomic mass is 79.9. The molecule has 0 aliphatic carbocycles. The van der Waals surface area contributed by atoms with Crippen LogP contribution >= 0.6 is 15.9 Å². The third kappa shape index (κ3) is 12.7. The minimum absolute atomic E-state index is 0.0481. The van der Waals surface area contributed by atoms with Crippen LogP contribution in [0, 0.1) is 0 Å². The Bertz CT molecular complexity index is 1660. The number of sulfonamides is 2. The van der Waals surface area contributed by atoms with Crippen molar-refractivity contribution in [2.24, 2.45) is 0 Å². The number of unbranched alkanes of at least 4 members (excludes halogenated alkanes) is 4. The molecule has 0 bridgehead atoms. The second kappa shape index (κ2) is 18.5. The van der Waals surface area contributed by atoms with Gasteiger partial charge in [-0.05, 0) is 52.7 Å². The lowest BCUT2D eigenvalue weighted by Crippen LogP contribution is -2.31. The second-order valence-electron chi connectivity index (χ2n) is 10.6. The van der Waals surface area contributed by atoms with Crippen molar-refractivity contribution in [2.45, 2.75) is 64.6 Å². The maximum Gasteiger partial charge on any atom is 0.306 e. The van der Waals surface area contributed by atoms with Crippen molar-refractivity contribution in [3.8, 4) is 0 Å². The predicted octanol–water partition coefficient (Wildman–Crippen LogP) is 4.67. The molecule has 2 aliphatic heterocycles. The summed E-state index contributed by atoms with van der Waals surface area (Å²) in [6, 6.07) is 18.8. The number of rotatable bonds is 16.